The van der Waals surface area contributed by atoms with Crippen LogP contribution in [0.15, 0.2) is 54.6 Å². The van der Waals surface area contributed by atoms with Gasteiger partial charge in [0, 0.05) is 10.0 Å². The number of hydrogen-bond acceptors (Lipinski definition) is 3. The van der Waals surface area contributed by atoms with Crippen molar-refractivity contribution in [2.24, 2.45) is 0 Å². The molecule has 28 heavy (non-hydrogen) atoms. The molecule has 0 spiro atoms. The number of nitrogens with zero attached hydrogens (tertiary/aromatic N) is 1. The summed E-state index contributed by atoms with van der Waals surface area (Å²) in [5.41, 5.74) is -0.430. The van der Waals surface area contributed by atoms with E-state index >= 15 is 0 Å². The van der Waals surface area contributed by atoms with Crippen molar-refractivity contribution < 1.29 is 18.4 Å². The van der Waals surface area contributed by atoms with E-state index in [1.54, 1.807) is 0 Å². The van der Waals surface area contributed by atoms with E-state index in [4.69, 9.17) is 23.2 Å². The second kappa shape index (κ2) is 8.33. The highest BCUT2D eigenvalue weighted by Gasteiger charge is 2.15. The number of carbonyl (C=O) groups excluding carboxylic acids is 2. The zero-order valence-corrected chi connectivity index (χ0v) is 15.5. The molecule has 0 radical (unpaired) electrons. The lowest BCUT2D eigenvalue weighted by Crippen LogP contribution is -2.19. The van der Waals surface area contributed by atoms with Crippen molar-refractivity contribution in [3.63, 3.8) is 0 Å². The van der Waals surface area contributed by atoms with Crippen molar-refractivity contribution in [3.05, 3.63) is 87.7 Å². The van der Waals surface area contributed by atoms with Crippen LogP contribution in [0.2, 0.25) is 10.0 Å². The van der Waals surface area contributed by atoms with Gasteiger partial charge in [-0.25, -0.2) is 13.8 Å². The van der Waals surface area contributed by atoms with Crippen LogP contribution in [0.1, 0.15) is 21.0 Å². The van der Waals surface area contributed by atoms with Crippen molar-refractivity contribution in [2.45, 2.75) is 0 Å². The molecule has 0 fully saturated rings. The lowest BCUT2D eigenvalue weighted by Gasteiger charge is -2.09. The van der Waals surface area contributed by atoms with Gasteiger partial charge in [-0.15, -0.1) is 0 Å². The van der Waals surface area contributed by atoms with E-state index in [9.17, 15) is 18.4 Å². The molecule has 0 unspecified atom stereocenters. The molecule has 5 nitrogen and oxygen atoms in total. The third-order valence-corrected chi connectivity index (χ3v) is 4.04. The Morgan fingerprint density at radius 1 is 0.750 bits per heavy atom. The standard InChI is InChI=1S/C19H11Cl2F2N3O2/c20-10-4-6-14(12(22)8-10)25-18(27)16-2-1-3-17(24-16)19(28)26-15-7-5-11(21)9-13(15)23/h1-9H,(H,25,27)(H,26,28). The van der Waals surface area contributed by atoms with E-state index in [1.807, 2.05) is 0 Å². The Kier molecular flexibility index (Phi) is 5.87. The average molecular weight is 422 g/mol. The number of benzene rings is 2. The molecular formula is C19H11Cl2F2N3O2. The summed E-state index contributed by atoms with van der Waals surface area (Å²) in [6, 6.07) is 11.7. The van der Waals surface area contributed by atoms with Crippen LogP contribution in [0.25, 0.3) is 0 Å². The number of aromatic nitrogens is 1. The maximum atomic E-state index is 13.8. The van der Waals surface area contributed by atoms with Gasteiger partial charge in [0.2, 0.25) is 0 Å². The van der Waals surface area contributed by atoms with Gasteiger partial charge in [0.1, 0.15) is 23.0 Å². The smallest absolute Gasteiger partial charge is 0.274 e. The minimum atomic E-state index is -0.728. The normalized spacial score (nSPS) is 10.4. The highest BCUT2D eigenvalue weighted by atomic mass is 35.5. The largest absolute Gasteiger partial charge is 0.318 e. The van der Waals surface area contributed by atoms with Crippen molar-refractivity contribution in [1.82, 2.24) is 4.98 Å². The molecule has 0 bridgehead atoms. The van der Waals surface area contributed by atoms with Crippen molar-refractivity contribution in [2.75, 3.05) is 10.6 Å². The number of nitrogens with one attached hydrogen (secondary N) is 2. The Bertz CT molecular complexity index is 996. The predicted octanol–water partition coefficient (Wildman–Crippen LogP) is 5.17. The van der Waals surface area contributed by atoms with Crippen LogP contribution in [-0.2, 0) is 0 Å². The van der Waals surface area contributed by atoms with E-state index in [2.05, 4.69) is 15.6 Å². The van der Waals surface area contributed by atoms with Crippen LogP contribution in [0.4, 0.5) is 20.2 Å². The van der Waals surface area contributed by atoms with Crippen molar-refractivity contribution >= 4 is 46.4 Å². The van der Waals surface area contributed by atoms with Crippen molar-refractivity contribution in [3.8, 4) is 0 Å². The Balaban J connectivity index is 1.77. The summed E-state index contributed by atoms with van der Waals surface area (Å²) in [5, 5.41) is 5.05. The summed E-state index contributed by atoms with van der Waals surface area (Å²) in [7, 11) is 0. The van der Waals surface area contributed by atoms with Crippen LogP contribution >= 0.6 is 23.2 Å². The fourth-order valence-corrected chi connectivity index (χ4v) is 2.56. The molecule has 142 valence electrons. The molecule has 2 aromatic carbocycles. The van der Waals surface area contributed by atoms with Gasteiger partial charge in [0.05, 0.1) is 11.4 Å². The van der Waals surface area contributed by atoms with Gasteiger partial charge in [-0.1, -0.05) is 29.3 Å². The first-order chi connectivity index (χ1) is 13.3. The predicted molar refractivity (Wildman–Crippen MR) is 103 cm³/mol. The van der Waals surface area contributed by atoms with Crippen LogP contribution in [0.3, 0.4) is 0 Å². The number of carbonyl (C=O) groups is 2. The van der Waals surface area contributed by atoms with Crippen LogP contribution in [0, 0.1) is 11.6 Å². The highest BCUT2D eigenvalue weighted by Crippen LogP contribution is 2.21. The zero-order valence-electron chi connectivity index (χ0n) is 14.0. The first kappa shape index (κ1) is 19.7. The number of anilines is 2. The Hall–Kier alpha value is -3.03. The van der Waals surface area contributed by atoms with Gasteiger partial charge in [0.25, 0.3) is 11.8 Å². The topological polar surface area (TPSA) is 71.1 Å². The third-order valence-electron chi connectivity index (χ3n) is 3.57. The summed E-state index contributed by atoms with van der Waals surface area (Å²) >= 11 is 11.3. The quantitative estimate of drug-likeness (QED) is 0.610. The van der Waals surface area contributed by atoms with Crippen LogP contribution in [-0.4, -0.2) is 16.8 Å². The van der Waals surface area contributed by atoms with E-state index in [-0.39, 0.29) is 32.8 Å². The number of pyridine rings is 1. The van der Waals surface area contributed by atoms with Gasteiger partial charge in [-0.3, -0.25) is 9.59 Å². The molecule has 3 aromatic rings. The Morgan fingerprint density at radius 3 is 1.57 bits per heavy atom. The highest BCUT2D eigenvalue weighted by molar-refractivity contribution is 6.31. The minimum Gasteiger partial charge on any atom is -0.318 e. The van der Waals surface area contributed by atoms with Crippen LogP contribution in [0.5, 0.6) is 0 Å². The number of halogens is 4. The molecule has 1 aromatic heterocycles. The summed E-state index contributed by atoms with van der Waals surface area (Å²) in [5.74, 6) is -2.89. The average Bonchev–Trinajstić information content (AvgIpc) is 2.66. The number of hydrogen-bond donors (Lipinski definition) is 2. The van der Waals surface area contributed by atoms with Gasteiger partial charge in [-0.2, -0.15) is 0 Å². The molecule has 3 rings (SSSR count). The molecule has 0 aliphatic carbocycles. The van der Waals surface area contributed by atoms with E-state index in [0.717, 1.165) is 12.1 Å². The Labute approximate surface area is 168 Å². The summed E-state index contributed by atoms with van der Waals surface area (Å²) in [6.45, 7) is 0. The SMILES string of the molecule is O=C(Nc1ccc(Cl)cc1F)c1cccc(C(=O)Nc2ccc(Cl)cc2F)n1. The maximum Gasteiger partial charge on any atom is 0.274 e. The molecular weight excluding hydrogens is 411 g/mol. The van der Waals surface area contributed by atoms with Gasteiger partial charge < -0.3 is 10.6 Å². The summed E-state index contributed by atoms with van der Waals surface area (Å²) < 4.78 is 27.6. The first-order valence-corrected chi connectivity index (χ1v) is 8.59. The second-order valence-electron chi connectivity index (χ2n) is 5.56. The molecule has 2 N–H and O–H groups in total. The molecule has 0 aliphatic heterocycles. The fourth-order valence-electron chi connectivity index (χ4n) is 2.24. The molecule has 0 atom stereocenters. The molecule has 0 saturated carbocycles. The lowest BCUT2D eigenvalue weighted by molar-refractivity contribution is 0.101. The maximum absolute atomic E-state index is 13.8. The third kappa shape index (κ3) is 4.62. The lowest BCUT2D eigenvalue weighted by atomic mass is 10.2. The first-order valence-electron chi connectivity index (χ1n) is 7.83. The molecule has 0 saturated heterocycles. The van der Waals surface area contributed by atoms with Crippen LogP contribution < -0.4 is 10.6 Å². The fraction of sp³-hybridized carbons (Fsp3) is 0. The van der Waals surface area contributed by atoms with E-state index in [1.165, 1.54) is 42.5 Å². The molecule has 0 aliphatic rings. The number of amides is 2. The molecule has 9 heteroatoms. The summed E-state index contributed by atoms with van der Waals surface area (Å²) in [4.78, 5) is 28.5. The molecule has 1 heterocycles. The second-order valence-corrected chi connectivity index (χ2v) is 6.44. The zero-order chi connectivity index (χ0) is 20.3. The monoisotopic (exact) mass is 421 g/mol. The minimum absolute atomic E-state index is 0.0886. The van der Waals surface area contributed by atoms with Gasteiger partial charge in [0.15, 0.2) is 0 Å². The van der Waals surface area contributed by atoms with E-state index < -0.39 is 23.4 Å². The van der Waals surface area contributed by atoms with Crippen molar-refractivity contribution in [1.29, 1.82) is 0 Å². The van der Waals surface area contributed by atoms with E-state index in [0.29, 0.717) is 0 Å². The number of rotatable bonds is 4. The van der Waals surface area contributed by atoms with Gasteiger partial charge in [-0.05, 0) is 48.5 Å². The Morgan fingerprint density at radius 2 is 1.18 bits per heavy atom. The molecule has 2 amide bonds. The summed E-state index contributed by atoms with van der Waals surface area (Å²) in [6.07, 6.45) is 0. The van der Waals surface area contributed by atoms with Gasteiger partial charge >= 0.3 is 0 Å².